The largest absolute Gasteiger partial charge is 0.392 e. The molecule has 0 bridgehead atoms. The van der Waals surface area contributed by atoms with E-state index < -0.39 is 12.6 Å². The van der Waals surface area contributed by atoms with Gasteiger partial charge in [0.15, 0.2) is 0 Å². The molecule has 0 atom stereocenters. The molecule has 1 aromatic carbocycles. The third-order valence-corrected chi connectivity index (χ3v) is 2.46. The van der Waals surface area contributed by atoms with Gasteiger partial charge < -0.3 is 0 Å². The van der Waals surface area contributed by atoms with Crippen LogP contribution < -0.4 is 0 Å². The van der Waals surface area contributed by atoms with Crippen LogP contribution in [0.3, 0.4) is 0 Å². The summed E-state index contributed by atoms with van der Waals surface area (Å²) in [5, 5.41) is 0. The van der Waals surface area contributed by atoms with E-state index in [-0.39, 0.29) is 0 Å². The first-order valence-electron chi connectivity index (χ1n) is 5.83. The molecular weight excluding hydrogens is 225 g/mol. The van der Waals surface area contributed by atoms with E-state index in [0.29, 0.717) is 0 Å². The van der Waals surface area contributed by atoms with Crippen LogP contribution in [0.15, 0.2) is 30.3 Å². The van der Waals surface area contributed by atoms with Crippen LogP contribution in [0, 0.1) is 0 Å². The van der Waals surface area contributed by atoms with Crippen molar-refractivity contribution < 1.29 is 13.2 Å². The quantitative estimate of drug-likeness (QED) is 0.682. The summed E-state index contributed by atoms with van der Waals surface area (Å²) >= 11 is 0. The normalized spacial score (nSPS) is 12.2. The topological polar surface area (TPSA) is 0 Å². The lowest BCUT2D eigenvalue weighted by Gasteiger charge is -2.02. The van der Waals surface area contributed by atoms with Crippen molar-refractivity contribution in [3.8, 4) is 0 Å². The Hall–Kier alpha value is -1.25. The fourth-order valence-corrected chi connectivity index (χ4v) is 1.50. The van der Waals surface area contributed by atoms with Gasteiger partial charge in [-0.2, -0.15) is 13.2 Å². The molecule has 0 radical (unpaired) electrons. The number of alkyl halides is 3. The highest BCUT2D eigenvalue weighted by molar-refractivity contribution is 5.49. The Bertz CT molecular complexity index is 347. The van der Waals surface area contributed by atoms with Crippen LogP contribution in [0.5, 0.6) is 0 Å². The second-order valence-corrected chi connectivity index (χ2v) is 4.07. The molecule has 1 aromatic rings. The number of allylic oxidation sites excluding steroid dienone is 1. The molecule has 0 fully saturated rings. The summed E-state index contributed by atoms with van der Waals surface area (Å²) in [5.41, 5.74) is 2.05. The average Bonchev–Trinajstić information content (AvgIpc) is 2.26. The number of benzene rings is 1. The maximum Gasteiger partial charge on any atom is 0.392 e. The molecule has 0 heterocycles. The second-order valence-electron chi connectivity index (χ2n) is 4.07. The van der Waals surface area contributed by atoms with Crippen molar-refractivity contribution in [2.75, 3.05) is 0 Å². The lowest BCUT2D eigenvalue weighted by molar-refractivity contribution is -0.124. The first-order valence-corrected chi connectivity index (χ1v) is 5.83. The number of halogens is 3. The van der Waals surface area contributed by atoms with Crippen molar-refractivity contribution >= 4 is 6.08 Å². The third-order valence-electron chi connectivity index (χ3n) is 2.46. The van der Waals surface area contributed by atoms with Crippen LogP contribution in [0.2, 0.25) is 0 Å². The summed E-state index contributed by atoms with van der Waals surface area (Å²) in [6.45, 7) is 2.13. The maximum absolute atomic E-state index is 11.9. The molecule has 0 spiro atoms. The number of rotatable bonds is 5. The predicted octanol–water partition coefficient (Wildman–Crippen LogP) is 4.99. The van der Waals surface area contributed by atoms with E-state index >= 15 is 0 Å². The molecule has 0 aromatic heterocycles. The van der Waals surface area contributed by atoms with E-state index in [2.05, 4.69) is 6.92 Å². The van der Waals surface area contributed by atoms with Crippen LogP contribution in [0.4, 0.5) is 13.2 Å². The standard InChI is InChI=1S/C14H17F3/c1-2-3-5-12-7-9-13(10-8-12)6-4-11-14(15,16)17/h4,6-10H,2-3,5,11H2,1H3. The van der Waals surface area contributed by atoms with Crippen molar-refractivity contribution in [2.24, 2.45) is 0 Å². The van der Waals surface area contributed by atoms with E-state index in [1.807, 2.05) is 24.3 Å². The van der Waals surface area contributed by atoms with E-state index in [9.17, 15) is 13.2 Å². The highest BCUT2D eigenvalue weighted by atomic mass is 19.4. The fourth-order valence-electron chi connectivity index (χ4n) is 1.50. The number of aryl methyl sites for hydroxylation is 1. The van der Waals surface area contributed by atoms with Crippen molar-refractivity contribution in [3.63, 3.8) is 0 Å². The molecule has 0 saturated carbocycles. The zero-order chi connectivity index (χ0) is 12.7. The monoisotopic (exact) mass is 242 g/mol. The first kappa shape index (κ1) is 13.8. The molecule has 0 N–H and O–H groups in total. The van der Waals surface area contributed by atoms with Gasteiger partial charge in [0.05, 0.1) is 6.42 Å². The number of hydrogen-bond donors (Lipinski definition) is 0. The zero-order valence-corrected chi connectivity index (χ0v) is 9.93. The molecule has 0 aliphatic heterocycles. The van der Waals surface area contributed by atoms with Gasteiger partial charge in [0.2, 0.25) is 0 Å². The molecule has 0 saturated heterocycles. The molecule has 0 nitrogen and oxygen atoms in total. The summed E-state index contributed by atoms with van der Waals surface area (Å²) in [6.07, 6.45) is 1.000. The average molecular weight is 242 g/mol. The van der Waals surface area contributed by atoms with Gasteiger partial charge in [0.25, 0.3) is 0 Å². The van der Waals surface area contributed by atoms with E-state index in [1.165, 1.54) is 11.6 Å². The maximum atomic E-state index is 11.9. The lowest BCUT2D eigenvalue weighted by atomic mass is 10.1. The Morgan fingerprint density at radius 3 is 2.29 bits per heavy atom. The van der Waals surface area contributed by atoms with Gasteiger partial charge in [-0.25, -0.2) is 0 Å². The van der Waals surface area contributed by atoms with Gasteiger partial charge in [-0.3, -0.25) is 0 Å². The number of unbranched alkanes of at least 4 members (excludes halogenated alkanes) is 1. The Morgan fingerprint density at radius 1 is 1.12 bits per heavy atom. The van der Waals surface area contributed by atoms with Crippen LogP contribution in [0.25, 0.3) is 6.08 Å². The zero-order valence-electron chi connectivity index (χ0n) is 9.93. The molecule has 17 heavy (non-hydrogen) atoms. The van der Waals surface area contributed by atoms with Gasteiger partial charge in [0, 0.05) is 0 Å². The van der Waals surface area contributed by atoms with Crippen molar-refractivity contribution in [1.29, 1.82) is 0 Å². The second kappa shape index (κ2) is 6.48. The Labute approximate surface area is 100 Å². The smallest absolute Gasteiger partial charge is 0.171 e. The summed E-state index contributed by atoms with van der Waals surface area (Å²) in [6, 6.07) is 7.67. The van der Waals surface area contributed by atoms with Gasteiger partial charge in [-0.1, -0.05) is 49.8 Å². The van der Waals surface area contributed by atoms with E-state index in [4.69, 9.17) is 0 Å². The van der Waals surface area contributed by atoms with Gasteiger partial charge in [-0.15, -0.1) is 0 Å². The molecule has 0 aliphatic carbocycles. The molecule has 94 valence electrons. The minimum Gasteiger partial charge on any atom is -0.171 e. The van der Waals surface area contributed by atoms with Crippen LogP contribution >= 0.6 is 0 Å². The third kappa shape index (κ3) is 6.15. The molecular formula is C14H17F3. The van der Waals surface area contributed by atoms with Gasteiger partial charge in [0.1, 0.15) is 0 Å². The minimum atomic E-state index is -4.11. The summed E-state index contributed by atoms with van der Waals surface area (Å²) < 4.78 is 35.7. The summed E-state index contributed by atoms with van der Waals surface area (Å²) in [4.78, 5) is 0. The Kier molecular flexibility index (Phi) is 5.26. The summed E-state index contributed by atoms with van der Waals surface area (Å²) in [5.74, 6) is 0. The number of hydrogen-bond acceptors (Lipinski definition) is 0. The van der Waals surface area contributed by atoms with Crippen LogP contribution in [-0.2, 0) is 6.42 Å². The highest BCUT2D eigenvalue weighted by Gasteiger charge is 2.24. The Balaban J connectivity index is 2.50. The molecule has 0 amide bonds. The summed E-state index contributed by atoms with van der Waals surface area (Å²) in [7, 11) is 0. The molecule has 0 aliphatic rings. The Morgan fingerprint density at radius 2 is 1.76 bits per heavy atom. The van der Waals surface area contributed by atoms with E-state index in [1.54, 1.807) is 0 Å². The first-order chi connectivity index (χ1) is 8.01. The van der Waals surface area contributed by atoms with Gasteiger partial charge in [-0.05, 0) is 24.0 Å². The minimum absolute atomic E-state index is 0.814. The fraction of sp³-hybridized carbons (Fsp3) is 0.429. The van der Waals surface area contributed by atoms with Crippen molar-refractivity contribution in [2.45, 2.75) is 38.8 Å². The SMILES string of the molecule is CCCCc1ccc(C=CCC(F)(F)F)cc1. The van der Waals surface area contributed by atoms with Crippen molar-refractivity contribution in [1.82, 2.24) is 0 Å². The highest BCUT2D eigenvalue weighted by Crippen LogP contribution is 2.20. The van der Waals surface area contributed by atoms with E-state index in [0.717, 1.165) is 30.9 Å². The molecule has 3 heteroatoms. The lowest BCUT2D eigenvalue weighted by Crippen LogP contribution is -2.03. The predicted molar refractivity (Wildman–Crippen MR) is 64.8 cm³/mol. The molecule has 0 unspecified atom stereocenters. The molecule has 1 rings (SSSR count). The van der Waals surface area contributed by atoms with Crippen LogP contribution in [0.1, 0.15) is 37.3 Å². The van der Waals surface area contributed by atoms with Crippen LogP contribution in [-0.4, -0.2) is 6.18 Å². The van der Waals surface area contributed by atoms with Crippen molar-refractivity contribution in [3.05, 3.63) is 41.5 Å². The van der Waals surface area contributed by atoms with Gasteiger partial charge >= 0.3 is 6.18 Å².